The van der Waals surface area contributed by atoms with Crippen molar-refractivity contribution in [1.82, 2.24) is 25.2 Å². The summed E-state index contributed by atoms with van der Waals surface area (Å²) in [6.07, 6.45) is 7.61. The Morgan fingerprint density at radius 1 is 1.21 bits per heavy atom. The number of benzene rings is 1. The predicted octanol–water partition coefficient (Wildman–Crippen LogP) is 3.05. The minimum atomic E-state index is -0.549. The van der Waals surface area contributed by atoms with Gasteiger partial charge in [0.2, 0.25) is 0 Å². The molecule has 29 heavy (non-hydrogen) atoms. The first-order chi connectivity index (χ1) is 14.0. The minimum Gasteiger partial charge on any atom is -0.348 e. The van der Waals surface area contributed by atoms with Gasteiger partial charge < -0.3 is 10.2 Å². The summed E-state index contributed by atoms with van der Waals surface area (Å²) in [7, 11) is 0. The molecule has 7 nitrogen and oxygen atoms in total. The van der Waals surface area contributed by atoms with Gasteiger partial charge >= 0.3 is 0 Å². The average molecular weight is 420 g/mol. The topological polar surface area (TPSA) is 80.1 Å². The molecule has 1 unspecified atom stereocenters. The van der Waals surface area contributed by atoms with Crippen LogP contribution in [0.5, 0.6) is 0 Å². The van der Waals surface area contributed by atoms with Crippen molar-refractivity contribution in [1.29, 1.82) is 0 Å². The van der Waals surface area contributed by atoms with E-state index in [0.29, 0.717) is 18.7 Å². The molecule has 2 aromatic rings. The molecule has 154 valence electrons. The zero-order valence-electron chi connectivity index (χ0n) is 16.0. The van der Waals surface area contributed by atoms with E-state index in [1.165, 1.54) is 18.2 Å². The van der Waals surface area contributed by atoms with Gasteiger partial charge in [-0.3, -0.25) is 9.59 Å². The van der Waals surface area contributed by atoms with Gasteiger partial charge in [-0.2, -0.15) is 0 Å². The largest absolute Gasteiger partial charge is 0.348 e. The summed E-state index contributed by atoms with van der Waals surface area (Å²) in [6, 6.07) is 4.15. The molecule has 2 fully saturated rings. The zero-order valence-corrected chi connectivity index (χ0v) is 16.7. The molecule has 9 heteroatoms. The summed E-state index contributed by atoms with van der Waals surface area (Å²) in [5, 5.41) is 11.0. The van der Waals surface area contributed by atoms with Gasteiger partial charge in [0.15, 0.2) is 5.69 Å². The molecule has 1 aliphatic carbocycles. The molecule has 1 aromatic carbocycles. The summed E-state index contributed by atoms with van der Waals surface area (Å²) in [5.74, 6) is -0.940. The van der Waals surface area contributed by atoms with Gasteiger partial charge in [0.05, 0.1) is 23.8 Å². The van der Waals surface area contributed by atoms with Crippen LogP contribution in [-0.2, 0) is 6.54 Å². The quantitative estimate of drug-likeness (QED) is 0.807. The highest BCUT2D eigenvalue weighted by atomic mass is 35.5. The number of halogens is 2. The molecule has 1 aliphatic heterocycles. The van der Waals surface area contributed by atoms with Crippen LogP contribution in [0.25, 0.3) is 0 Å². The number of nitrogens with zero attached hydrogens (tertiary/aromatic N) is 4. The lowest BCUT2D eigenvalue weighted by atomic mass is 10.1. The highest BCUT2D eigenvalue weighted by molar-refractivity contribution is 6.31. The van der Waals surface area contributed by atoms with E-state index in [4.69, 9.17) is 11.6 Å². The molecular weight excluding hydrogens is 397 g/mol. The van der Waals surface area contributed by atoms with Gasteiger partial charge in [-0.05, 0) is 43.9 Å². The van der Waals surface area contributed by atoms with Crippen molar-refractivity contribution >= 4 is 23.4 Å². The van der Waals surface area contributed by atoms with Crippen molar-refractivity contribution in [3.63, 3.8) is 0 Å². The van der Waals surface area contributed by atoms with Gasteiger partial charge in [0.1, 0.15) is 5.82 Å². The molecule has 1 saturated carbocycles. The van der Waals surface area contributed by atoms with E-state index in [1.54, 1.807) is 15.8 Å². The minimum absolute atomic E-state index is 0.0687. The highest BCUT2D eigenvalue weighted by Crippen LogP contribution is 2.24. The van der Waals surface area contributed by atoms with E-state index in [0.717, 1.165) is 38.5 Å². The molecule has 1 saturated heterocycles. The van der Waals surface area contributed by atoms with Gasteiger partial charge in [-0.1, -0.05) is 29.7 Å². The Balaban J connectivity index is 1.40. The number of aromatic nitrogens is 3. The molecule has 2 heterocycles. The van der Waals surface area contributed by atoms with Crippen LogP contribution in [-0.4, -0.2) is 50.3 Å². The monoisotopic (exact) mass is 419 g/mol. The lowest BCUT2D eigenvalue weighted by molar-refractivity contribution is 0.0720. The van der Waals surface area contributed by atoms with Crippen molar-refractivity contribution < 1.29 is 14.0 Å². The van der Waals surface area contributed by atoms with Crippen LogP contribution < -0.4 is 5.32 Å². The second-order valence-electron chi connectivity index (χ2n) is 7.70. The molecule has 0 spiro atoms. The van der Waals surface area contributed by atoms with Crippen LogP contribution in [0.3, 0.4) is 0 Å². The average Bonchev–Trinajstić information content (AvgIpc) is 3.46. The Morgan fingerprint density at radius 3 is 2.76 bits per heavy atom. The number of amides is 2. The first kappa shape index (κ1) is 19.8. The number of nitrogens with one attached hydrogen (secondary N) is 1. The van der Waals surface area contributed by atoms with E-state index < -0.39 is 5.82 Å². The fourth-order valence-electron chi connectivity index (χ4n) is 4.12. The van der Waals surface area contributed by atoms with Gasteiger partial charge in [0, 0.05) is 18.2 Å². The number of carbonyl (C=O) groups excluding carboxylic acids is 2. The third-order valence-electron chi connectivity index (χ3n) is 5.66. The van der Waals surface area contributed by atoms with Crippen LogP contribution in [0, 0.1) is 5.82 Å². The van der Waals surface area contributed by atoms with E-state index in [-0.39, 0.29) is 34.6 Å². The summed E-state index contributed by atoms with van der Waals surface area (Å²) >= 11 is 5.82. The standard InChI is InChI=1S/C20H23ClFN5O2/c21-16-10-13(7-8-17(16)22)20(29)27-9-3-6-15(27)11-26-12-18(24-25-26)19(28)23-14-4-1-2-5-14/h7-8,10,12,14-15H,1-6,9,11H2,(H,23,28). The molecule has 0 radical (unpaired) electrons. The van der Waals surface area contributed by atoms with E-state index >= 15 is 0 Å². The number of hydrogen-bond acceptors (Lipinski definition) is 4. The SMILES string of the molecule is O=C(NC1CCCC1)c1cn(CC2CCCN2C(=O)c2ccc(F)c(Cl)c2)nn1. The third kappa shape index (κ3) is 4.42. The van der Waals surface area contributed by atoms with E-state index in [1.807, 2.05) is 0 Å². The summed E-state index contributed by atoms with van der Waals surface area (Å²) in [4.78, 5) is 26.9. The van der Waals surface area contributed by atoms with Crippen molar-refractivity contribution in [3.05, 3.63) is 46.5 Å². The maximum Gasteiger partial charge on any atom is 0.273 e. The number of rotatable bonds is 5. The first-order valence-corrected chi connectivity index (χ1v) is 10.4. The summed E-state index contributed by atoms with van der Waals surface area (Å²) in [5.41, 5.74) is 0.650. The molecule has 1 aromatic heterocycles. The smallest absolute Gasteiger partial charge is 0.273 e. The molecule has 2 aliphatic rings. The van der Waals surface area contributed by atoms with Crippen LogP contribution in [0.1, 0.15) is 59.4 Å². The second-order valence-corrected chi connectivity index (χ2v) is 8.11. The molecule has 1 atom stereocenters. The predicted molar refractivity (Wildman–Crippen MR) is 105 cm³/mol. The van der Waals surface area contributed by atoms with Crippen LogP contribution in [0.4, 0.5) is 4.39 Å². The lowest BCUT2D eigenvalue weighted by Gasteiger charge is -2.24. The molecule has 4 rings (SSSR count). The highest BCUT2D eigenvalue weighted by Gasteiger charge is 2.30. The molecule has 0 bridgehead atoms. The number of hydrogen-bond donors (Lipinski definition) is 1. The summed E-state index contributed by atoms with van der Waals surface area (Å²) < 4.78 is 15.0. The Hall–Kier alpha value is -2.48. The lowest BCUT2D eigenvalue weighted by Crippen LogP contribution is -2.38. The first-order valence-electron chi connectivity index (χ1n) is 9.98. The molecular formula is C20H23ClFN5O2. The Bertz CT molecular complexity index is 912. The summed E-state index contributed by atoms with van der Waals surface area (Å²) in [6.45, 7) is 1.06. The third-order valence-corrected chi connectivity index (χ3v) is 5.95. The maximum atomic E-state index is 13.4. The van der Waals surface area contributed by atoms with Crippen LogP contribution >= 0.6 is 11.6 Å². The Labute approximate surface area is 173 Å². The van der Waals surface area contributed by atoms with Crippen molar-refractivity contribution in [2.45, 2.75) is 57.2 Å². The number of likely N-dealkylation sites (tertiary alicyclic amines) is 1. The van der Waals surface area contributed by atoms with Crippen molar-refractivity contribution in [2.24, 2.45) is 0 Å². The van der Waals surface area contributed by atoms with Gasteiger partial charge in [-0.25, -0.2) is 9.07 Å². The maximum absolute atomic E-state index is 13.4. The number of carbonyl (C=O) groups is 2. The Morgan fingerprint density at radius 2 is 2.00 bits per heavy atom. The van der Waals surface area contributed by atoms with Gasteiger partial charge in [-0.15, -0.1) is 5.10 Å². The van der Waals surface area contributed by atoms with Crippen molar-refractivity contribution in [3.8, 4) is 0 Å². The Kier molecular flexibility index (Phi) is 5.80. The van der Waals surface area contributed by atoms with Crippen molar-refractivity contribution in [2.75, 3.05) is 6.54 Å². The van der Waals surface area contributed by atoms with Crippen LogP contribution in [0.2, 0.25) is 5.02 Å². The zero-order chi connectivity index (χ0) is 20.4. The van der Waals surface area contributed by atoms with Crippen LogP contribution in [0.15, 0.2) is 24.4 Å². The molecule has 1 N–H and O–H groups in total. The fraction of sp³-hybridized carbons (Fsp3) is 0.500. The normalized spacial score (nSPS) is 19.7. The molecule has 2 amide bonds. The fourth-order valence-corrected chi connectivity index (χ4v) is 4.31. The van der Waals surface area contributed by atoms with E-state index in [2.05, 4.69) is 15.6 Å². The second kappa shape index (κ2) is 8.49. The van der Waals surface area contributed by atoms with E-state index in [9.17, 15) is 14.0 Å². The van der Waals surface area contributed by atoms with Gasteiger partial charge in [0.25, 0.3) is 11.8 Å².